The van der Waals surface area contributed by atoms with Crippen molar-refractivity contribution < 1.29 is 4.74 Å². The van der Waals surface area contributed by atoms with Crippen LogP contribution in [-0.4, -0.2) is 33.9 Å². The predicted octanol–water partition coefficient (Wildman–Crippen LogP) is 3.22. The van der Waals surface area contributed by atoms with Crippen LogP contribution in [0.15, 0.2) is 6.07 Å². The van der Waals surface area contributed by atoms with E-state index >= 15 is 0 Å². The summed E-state index contributed by atoms with van der Waals surface area (Å²) in [7, 11) is 0. The number of halogens is 2. The third-order valence-electron chi connectivity index (χ3n) is 2.69. The number of aryl methyl sites for hydroxylation is 1. The molecule has 1 rings (SSSR count). The molecular weight excluding hydrogens is 273 g/mol. The first-order valence-corrected chi connectivity index (χ1v) is 7.04. The average Bonchev–Trinajstić information content (AvgIpc) is 2.36. The van der Waals surface area contributed by atoms with Crippen molar-refractivity contribution in [2.24, 2.45) is 0 Å². The van der Waals surface area contributed by atoms with Gasteiger partial charge in [-0.3, -0.25) is 0 Å². The van der Waals surface area contributed by atoms with Crippen molar-refractivity contribution >= 4 is 29.2 Å². The Morgan fingerprint density at radius 2 is 1.94 bits per heavy atom. The first-order chi connectivity index (χ1) is 8.59. The second kappa shape index (κ2) is 7.00. The maximum absolute atomic E-state index is 5.98. The van der Waals surface area contributed by atoms with E-state index in [1.54, 1.807) is 6.07 Å². The van der Waals surface area contributed by atoms with Gasteiger partial charge in [-0.1, -0.05) is 6.92 Å². The Balaban J connectivity index is 2.95. The minimum atomic E-state index is -0.389. The number of rotatable bonds is 7. The number of alkyl halides is 2. The first-order valence-electron chi connectivity index (χ1n) is 5.97. The van der Waals surface area contributed by atoms with Crippen molar-refractivity contribution in [1.29, 1.82) is 0 Å². The molecule has 0 spiro atoms. The van der Waals surface area contributed by atoms with Crippen molar-refractivity contribution in [1.82, 2.24) is 9.97 Å². The lowest BCUT2D eigenvalue weighted by molar-refractivity contribution is 0.326. The molecule has 0 aliphatic carbocycles. The van der Waals surface area contributed by atoms with Crippen LogP contribution < -0.4 is 10.1 Å². The molecule has 6 heteroatoms. The number of aromatic nitrogens is 2. The molecule has 0 amide bonds. The fourth-order valence-electron chi connectivity index (χ4n) is 1.43. The minimum Gasteiger partial charge on any atom is -0.478 e. The molecule has 102 valence electrons. The second-order valence-electron chi connectivity index (χ2n) is 4.13. The molecule has 0 fully saturated rings. The van der Waals surface area contributed by atoms with E-state index in [1.165, 1.54) is 0 Å². The molecule has 1 aromatic heterocycles. The lowest BCUT2D eigenvalue weighted by Crippen LogP contribution is -2.42. The van der Waals surface area contributed by atoms with E-state index in [0.29, 0.717) is 30.2 Å². The summed E-state index contributed by atoms with van der Waals surface area (Å²) in [6.07, 6.45) is 0.793. The molecular formula is C12H19Cl2N3O. The summed E-state index contributed by atoms with van der Waals surface area (Å²) in [4.78, 5) is 8.62. The van der Waals surface area contributed by atoms with Gasteiger partial charge in [-0.15, -0.1) is 23.2 Å². The van der Waals surface area contributed by atoms with E-state index in [2.05, 4.69) is 15.3 Å². The van der Waals surface area contributed by atoms with Gasteiger partial charge in [0.05, 0.1) is 12.1 Å². The predicted molar refractivity (Wildman–Crippen MR) is 76.0 cm³/mol. The van der Waals surface area contributed by atoms with Crippen LogP contribution in [0.2, 0.25) is 0 Å². The lowest BCUT2D eigenvalue weighted by Gasteiger charge is -2.29. The van der Waals surface area contributed by atoms with Gasteiger partial charge < -0.3 is 10.1 Å². The van der Waals surface area contributed by atoms with E-state index in [0.717, 1.165) is 12.1 Å². The van der Waals surface area contributed by atoms with Crippen LogP contribution in [0.1, 0.15) is 26.0 Å². The summed E-state index contributed by atoms with van der Waals surface area (Å²) in [5.74, 6) is 1.85. The van der Waals surface area contributed by atoms with Crippen molar-refractivity contribution in [2.75, 3.05) is 23.7 Å². The molecule has 0 bridgehead atoms. The number of nitrogens with zero attached hydrogens (tertiary/aromatic N) is 2. The van der Waals surface area contributed by atoms with Crippen LogP contribution in [0.3, 0.4) is 0 Å². The van der Waals surface area contributed by atoms with Gasteiger partial charge in [-0.25, -0.2) is 4.98 Å². The Kier molecular flexibility index (Phi) is 5.96. The average molecular weight is 292 g/mol. The summed E-state index contributed by atoms with van der Waals surface area (Å²) in [5, 5.41) is 3.22. The van der Waals surface area contributed by atoms with Gasteiger partial charge in [0.15, 0.2) is 0 Å². The van der Waals surface area contributed by atoms with Crippen molar-refractivity contribution in [2.45, 2.75) is 32.7 Å². The van der Waals surface area contributed by atoms with E-state index in [-0.39, 0.29) is 5.54 Å². The smallest absolute Gasteiger partial charge is 0.226 e. The molecule has 0 radical (unpaired) electrons. The second-order valence-corrected chi connectivity index (χ2v) is 4.66. The van der Waals surface area contributed by atoms with Crippen molar-refractivity contribution in [3.05, 3.63) is 11.8 Å². The van der Waals surface area contributed by atoms with Gasteiger partial charge in [0.2, 0.25) is 11.8 Å². The summed E-state index contributed by atoms with van der Waals surface area (Å²) in [6, 6.07) is 1.80. The maximum Gasteiger partial charge on any atom is 0.226 e. The Bertz CT molecular complexity index is 375. The third kappa shape index (κ3) is 3.89. The largest absolute Gasteiger partial charge is 0.478 e. The molecule has 0 saturated carbocycles. The highest BCUT2D eigenvalue weighted by molar-refractivity contribution is 6.22. The molecule has 1 N–H and O–H groups in total. The zero-order valence-corrected chi connectivity index (χ0v) is 12.5. The first kappa shape index (κ1) is 15.3. The molecule has 0 saturated heterocycles. The van der Waals surface area contributed by atoms with Gasteiger partial charge in [0, 0.05) is 23.5 Å². The van der Waals surface area contributed by atoms with Crippen LogP contribution in [0.4, 0.5) is 5.95 Å². The third-order valence-corrected chi connectivity index (χ3v) is 3.71. The normalized spacial score (nSPS) is 11.4. The molecule has 1 heterocycles. The van der Waals surface area contributed by atoms with Crippen LogP contribution in [0.25, 0.3) is 0 Å². The summed E-state index contributed by atoms with van der Waals surface area (Å²) in [5.41, 5.74) is 0.450. The van der Waals surface area contributed by atoms with Crippen LogP contribution >= 0.6 is 23.2 Å². The number of nitrogens with one attached hydrogen (secondary N) is 1. The lowest BCUT2D eigenvalue weighted by atomic mass is 10.0. The van der Waals surface area contributed by atoms with Crippen molar-refractivity contribution in [3.63, 3.8) is 0 Å². The molecule has 4 nitrogen and oxygen atoms in total. The molecule has 0 aliphatic heterocycles. The number of anilines is 1. The summed E-state index contributed by atoms with van der Waals surface area (Å²) in [6.45, 7) is 6.40. The van der Waals surface area contributed by atoms with Crippen LogP contribution in [-0.2, 0) is 0 Å². The van der Waals surface area contributed by atoms with E-state index < -0.39 is 0 Å². The van der Waals surface area contributed by atoms with Crippen molar-refractivity contribution in [3.8, 4) is 5.88 Å². The number of hydrogen-bond acceptors (Lipinski definition) is 4. The van der Waals surface area contributed by atoms with Gasteiger partial charge >= 0.3 is 0 Å². The van der Waals surface area contributed by atoms with Gasteiger partial charge in [0.25, 0.3) is 0 Å². The van der Waals surface area contributed by atoms with Gasteiger partial charge in [0.1, 0.15) is 0 Å². The molecule has 1 aromatic rings. The quantitative estimate of drug-likeness (QED) is 0.784. The highest BCUT2D eigenvalue weighted by Crippen LogP contribution is 2.21. The van der Waals surface area contributed by atoms with Gasteiger partial charge in [-0.05, 0) is 20.3 Å². The Morgan fingerprint density at radius 1 is 1.28 bits per heavy atom. The Labute approximate surface area is 118 Å². The SMILES string of the molecule is CCOc1cc(C)nc(NC(CC)(CCl)CCl)n1. The Morgan fingerprint density at radius 3 is 2.44 bits per heavy atom. The van der Waals surface area contributed by atoms with Gasteiger partial charge in [-0.2, -0.15) is 4.98 Å². The van der Waals surface area contributed by atoms with E-state index in [1.807, 2.05) is 20.8 Å². The topological polar surface area (TPSA) is 47.0 Å². The summed E-state index contributed by atoms with van der Waals surface area (Å²) < 4.78 is 5.39. The molecule has 18 heavy (non-hydrogen) atoms. The fourth-order valence-corrected chi connectivity index (χ4v) is 2.23. The zero-order chi connectivity index (χ0) is 13.6. The van der Waals surface area contributed by atoms with Crippen LogP contribution in [0.5, 0.6) is 5.88 Å². The van der Waals surface area contributed by atoms with E-state index in [4.69, 9.17) is 27.9 Å². The molecule has 0 aliphatic rings. The zero-order valence-electron chi connectivity index (χ0n) is 11.0. The minimum absolute atomic E-state index is 0.389. The highest BCUT2D eigenvalue weighted by atomic mass is 35.5. The molecule has 0 atom stereocenters. The number of hydrogen-bond donors (Lipinski definition) is 1. The highest BCUT2D eigenvalue weighted by Gasteiger charge is 2.27. The Hall–Kier alpha value is -0.740. The fraction of sp³-hybridized carbons (Fsp3) is 0.667. The van der Waals surface area contributed by atoms with E-state index in [9.17, 15) is 0 Å². The maximum atomic E-state index is 5.98. The number of ether oxygens (including phenoxy) is 1. The standard InChI is InChI=1S/C12H19Cl2N3O/c1-4-12(7-13,8-14)17-11-15-9(3)6-10(16-11)18-5-2/h6H,4-5,7-8H2,1-3H3,(H,15,16,17). The summed E-state index contributed by atoms with van der Waals surface area (Å²) >= 11 is 12.0. The van der Waals surface area contributed by atoms with Crippen LogP contribution in [0, 0.1) is 6.92 Å². The monoisotopic (exact) mass is 291 g/mol. The molecule has 0 aromatic carbocycles. The molecule has 0 unspecified atom stereocenters.